The zero-order chi connectivity index (χ0) is 31.9. The van der Waals surface area contributed by atoms with E-state index >= 15 is 0 Å². The van der Waals surface area contributed by atoms with Gasteiger partial charge in [-0.3, -0.25) is 0 Å². The molecule has 7 heteroatoms. The minimum absolute atomic E-state index is 0.00205. The van der Waals surface area contributed by atoms with Crippen molar-refractivity contribution in [1.29, 1.82) is 0 Å². The lowest BCUT2D eigenvalue weighted by molar-refractivity contribution is -0.134. The standard InChI is InChI=1S/C35H56O5Si2/c1-26(23-24-31(36)38-10)32(37)28(3)33(40-41(11,12)34(4,5)6)27(2)25-39-42(35(7,8)9,29-19-15-13-16-20-29)30-21-17-14-18-22-30/h13-24,26-28,32-33,37H,25H2,1-12H3/b24-23+/t26-,27-,28+,32-,33-/m1/s1. The third kappa shape index (κ3) is 8.53. The first-order chi connectivity index (χ1) is 19.4. The van der Waals surface area contributed by atoms with E-state index in [1.165, 1.54) is 23.6 Å². The topological polar surface area (TPSA) is 65.0 Å². The molecule has 0 fully saturated rings. The van der Waals surface area contributed by atoms with Gasteiger partial charge in [-0.05, 0) is 33.5 Å². The Hall–Kier alpha value is -2.04. The average molecular weight is 613 g/mol. The van der Waals surface area contributed by atoms with E-state index in [2.05, 4.69) is 129 Å². The summed E-state index contributed by atoms with van der Waals surface area (Å²) in [7, 11) is -3.58. The molecule has 0 amide bonds. The van der Waals surface area contributed by atoms with Crippen LogP contribution in [0.5, 0.6) is 0 Å². The highest BCUT2D eigenvalue weighted by molar-refractivity contribution is 6.99. The lowest BCUT2D eigenvalue weighted by Gasteiger charge is -2.46. The molecule has 0 unspecified atom stereocenters. The molecule has 0 spiro atoms. The molecule has 2 aromatic rings. The zero-order valence-electron chi connectivity index (χ0n) is 28.1. The molecule has 0 bridgehead atoms. The van der Waals surface area contributed by atoms with Crippen LogP contribution in [0.2, 0.25) is 23.2 Å². The van der Waals surface area contributed by atoms with Crippen LogP contribution >= 0.6 is 0 Å². The number of ether oxygens (including phenoxy) is 1. The van der Waals surface area contributed by atoms with Gasteiger partial charge in [0.2, 0.25) is 0 Å². The molecule has 0 saturated carbocycles. The maximum absolute atomic E-state index is 11.7. The summed E-state index contributed by atoms with van der Waals surface area (Å²) in [4.78, 5) is 11.7. The van der Waals surface area contributed by atoms with Gasteiger partial charge in [-0.25, -0.2) is 4.79 Å². The fraction of sp³-hybridized carbons (Fsp3) is 0.571. The summed E-state index contributed by atoms with van der Waals surface area (Å²) in [5.74, 6) is -0.881. The first-order valence-electron chi connectivity index (χ1n) is 15.3. The second-order valence-corrected chi connectivity index (χ2v) is 23.4. The fourth-order valence-electron chi connectivity index (χ4n) is 5.46. The van der Waals surface area contributed by atoms with Crippen LogP contribution in [0.25, 0.3) is 0 Å². The number of carbonyl (C=O) groups is 1. The van der Waals surface area contributed by atoms with Crippen LogP contribution in [0.3, 0.4) is 0 Å². The number of hydrogen-bond donors (Lipinski definition) is 1. The van der Waals surface area contributed by atoms with E-state index in [4.69, 9.17) is 13.6 Å². The largest absolute Gasteiger partial charge is 0.466 e. The van der Waals surface area contributed by atoms with Crippen molar-refractivity contribution in [3.8, 4) is 0 Å². The van der Waals surface area contributed by atoms with Crippen molar-refractivity contribution in [3.05, 3.63) is 72.8 Å². The number of methoxy groups -OCH3 is 1. The molecular weight excluding hydrogens is 557 g/mol. The molecule has 0 aliphatic carbocycles. The van der Waals surface area contributed by atoms with Crippen molar-refractivity contribution in [1.82, 2.24) is 0 Å². The van der Waals surface area contributed by atoms with Crippen LogP contribution < -0.4 is 10.4 Å². The van der Waals surface area contributed by atoms with Crippen LogP contribution in [0.4, 0.5) is 0 Å². The minimum Gasteiger partial charge on any atom is -0.466 e. The predicted octanol–water partition coefficient (Wildman–Crippen LogP) is 6.95. The van der Waals surface area contributed by atoms with E-state index in [9.17, 15) is 9.90 Å². The van der Waals surface area contributed by atoms with Gasteiger partial charge in [0.15, 0.2) is 8.32 Å². The van der Waals surface area contributed by atoms with Crippen LogP contribution in [0.15, 0.2) is 72.8 Å². The normalized spacial score (nSPS) is 17.0. The smallest absolute Gasteiger partial charge is 0.330 e. The highest BCUT2D eigenvalue weighted by Gasteiger charge is 2.51. The Labute approximate surface area is 257 Å². The summed E-state index contributed by atoms with van der Waals surface area (Å²) in [5, 5.41) is 13.9. The molecule has 0 radical (unpaired) electrons. The zero-order valence-corrected chi connectivity index (χ0v) is 30.1. The molecule has 1 N–H and O–H groups in total. The average Bonchev–Trinajstić information content (AvgIpc) is 2.93. The van der Waals surface area contributed by atoms with Gasteiger partial charge in [-0.2, -0.15) is 0 Å². The van der Waals surface area contributed by atoms with E-state index in [1.807, 2.05) is 6.92 Å². The Morgan fingerprint density at radius 1 is 0.857 bits per heavy atom. The maximum Gasteiger partial charge on any atom is 0.330 e. The number of benzene rings is 2. The van der Waals surface area contributed by atoms with Crippen LogP contribution in [0, 0.1) is 17.8 Å². The minimum atomic E-state index is -2.74. The molecule has 234 valence electrons. The molecule has 5 atom stereocenters. The number of rotatable bonds is 13. The summed E-state index contributed by atoms with van der Waals surface area (Å²) in [6.07, 6.45) is 2.16. The second-order valence-electron chi connectivity index (χ2n) is 14.4. The van der Waals surface area contributed by atoms with Gasteiger partial charge in [0.25, 0.3) is 8.32 Å². The molecule has 42 heavy (non-hydrogen) atoms. The van der Waals surface area contributed by atoms with Crippen molar-refractivity contribution < 1.29 is 23.5 Å². The van der Waals surface area contributed by atoms with Gasteiger partial charge in [0.05, 0.1) is 19.3 Å². The molecule has 0 saturated heterocycles. The van der Waals surface area contributed by atoms with Crippen molar-refractivity contribution in [2.24, 2.45) is 17.8 Å². The SMILES string of the molecule is COC(=O)/C=C/[C@@H](C)[C@@H](O)[C@H](C)[C@H](O[Si](C)(C)C(C)(C)C)[C@H](C)CO[Si](c1ccccc1)(c1ccccc1)C(C)(C)C. The highest BCUT2D eigenvalue weighted by atomic mass is 28.4. The second kappa shape index (κ2) is 14.6. The number of carbonyl (C=O) groups excluding carboxylic acids is 1. The van der Waals surface area contributed by atoms with Gasteiger partial charge in [0.1, 0.15) is 0 Å². The van der Waals surface area contributed by atoms with Crippen LogP contribution in [0.1, 0.15) is 62.3 Å². The number of aliphatic hydroxyl groups is 1. The molecule has 0 aliphatic rings. The van der Waals surface area contributed by atoms with E-state index in [-0.39, 0.29) is 33.9 Å². The van der Waals surface area contributed by atoms with Crippen molar-refractivity contribution in [2.45, 2.75) is 97.7 Å². The monoisotopic (exact) mass is 612 g/mol. The van der Waals surface area contributed by atoms with E-state index in [0.29, 0.717) is 6.61 Å². The Morgan fingerprint density at radius 3 is 1.74 bits per heavy atom. The number of aliphatic hydroxyl groups excluding tert-OH is 1. The first kappa shape index (κ1) is 36.2. The molecular formula is C35H56O5Si2. The first-order valence-corrected chi connectivity index (χ1v) is 20.1. The third-order valence-corrected chi connectivity index (χ3v) is 18.6. The third-order valence-electron chi connectivity index (χ3n) is 9.11. The quantitative estimate of drug-likeness (QED) is 0.151. The summed E-state index contributed by atoms with van der Waals surface area (Å²) >= 11 is 0. The van der Waals surface area contributed by atoms with Gasteiger partial charge in [0, 0.05) is 30.4 Å². The van der Waals surface area contributed by atoms with Gasteiger partial charge < -0.3 is 18.7 Å². The van der Waals surface area contributed by atoms with Crippen molar-refractivity contribution in [3.63, 3.8) is 0 Å². The number of hydrogen-bond acceptors (Lipinski definition) is 5. The van der Waals surface area contributed by atoms with Crippen LogP contribution in [-0.2, 0) is 18.4 Å². The molecule has 5 nitrogen and oxygen atoms in total. The molecule has 0 aliphatic heterocycles. The summed E-state index contributed by atoms with van der Waals surface area (Å²) in [6, 6.07) is 21.4. The Morgan fingerprint density at radius 2 is 1.33 bits per heavy atom. The Bertz CT molecular complexity index is 1100. The van der Waals surface area contributed by atoms with E-state index < -0.39 is 28.7 Å². The summed E-state index contributed by atoms with van der Waals surface area (Å²) in [6.45, 7) is 24.8. The Balaban J connectivity index is 2.53. The maximum atomic E-state index is 11.7. The lowest BCUT2D eigenvalue weighted by Crippen LogP contribution is -2.67. The molecule has 2 aromatic carbocycles. The van der Waals surface area contributed by atoms with Crippen molar-refractivity contribution in [2.75, 3.05) is 13.7 Å². The molecule has 0 aromatic heterocycles. The van der Waals surface area contributed by atoms with Gasteiger partial charge >= 0.3 is 5.97 Å². The predicted molar refractivity (Wildman–Crippen MR) is 180 cm³/mol. The fourth-order valence-corrected chi connectivity index (χ4v) is 11.6. The lowest BCUT2D eigenvalue weighted by atomic mass is 9.84. The van der Waals surface area contributed by atoms with E-state index in [1.54, 1.807) is 6.08 Å². The Kier molecular flexibility index (Phi) is 12.6. The summed E-state index contributed by atoms with van der Waals surface area (Å²) < 4.78 is 19.2. The van der Waals surface area contributed by atoms with Gasteiger partial charge in [-0.1, -0.05) is 129 Å². The van der Waals surface area contributed by atoms with E-state index in [0.717, 1.165) is 0 Å². The molecule has 0 heterocycles. The summed E-state index contributed by atoms with van der Waals surface area (Å²) in [5.41, 5.74) is 0. The number of esters is 1. The highest BCUT2D eigenvalue weighted by Crippen LogP contribution is 2.41. The van der Waals surface area contributed by atoms with Gasteiger partial charge in [-0.15, -0.1) is 0 Å². The van der Waals surface area contributed by atoms with Crippen molar-refractivity contribution >= 4 is 33.0 Å². The molecule has 2 rings (SSSR count). The van der Waals surface area contributed by atoms with Crippen LogP contribution in [-0.4, -0.2) is 53.6 Å².